The van der Waals surface area contributed by atoms with Crippen molar-refractivity contribution in [2.45, 2.75) is 195 Å². The van der Waals surface area contributed by atoms with Crippen LogP contribution in [0.2, 0.25) is 0 Å². The summed E-state index contributed by atoms with van der Waals surface area (Å²) in [4.78, 5) is 70.1. The van der Waals surface area contributed by atoms with Crippen LogP contribution in [-0.2, 0) is 83.4 Å². The zero-order valence-corrected chi connectivity index (χ0v) is 60.6. The molecule has 0 saturated carbocycles. The van der Waals surface area contributed by atoms with Crippen LogP contribution in [0.15, 0.2) is 222 Å². The number of rotatable bonds is 20. The highest BCUT2D eigenvalue weighted by atomic mass is 16.7. The molecule has 17 nitrogen and oxygen atoms in total. The van der Waals surface area contributed by atoms with Crippen molar-refractivity contribution < 1.29 is 71.7 Å². The van der Waals surface area contributed by atoms with E-state index in [1.165, 1.54) is 23.8 Å². The van der Waals surface area contributed by atoms with Crippen molar-refractivity contribution in [3.8, 4) is 0 Å². The number of carbonyl (C=O) groups excluding carboxylic acids is 5. The number of allylic oxidation sites excluding steroid dienone is 3. The monoisotopic (exact) mass is 1420 g/mol. The highest BCUT2D eigenvalue weighted by Gasteiger charge is 2.73. The molecular formula is C88H92N2O15. The second-order valence-electron chi connectivity index (χ2n) is 30.8. The summed E-state index contributed by atoms with van der Waals surface area (Å²) in [7, 11) is 0. The van der Waals surface area contributed by atoms with Crippen LogP contribution in [0.5, 0.6) is 0 Å². The number of nitrogens with two attached hydrogens (primary N) is 2. The Morgan fingerprint density at radius 1 is 0.486 bits per heavy atom. The molecule has 0 aromatic heterocycles. The molecule has 6 heterocycles. The highest BCUT2D eigenvalue weighted by Crippen LogP contribution is 2.68. The van der Waals surface area contributed by atoms with Gasteiger partial charge in [-0.2, -0.15) is 0 Å². The Hall–Kier alpha value is -9.17. The molecule has 19 unspecified atom stereocenters. The zero-order chi connectivity index (χ0) is 73.5. The van der Waals surface area contributed by atoms with Crippen molar-refractivity contribution in [2.75, 3.05) is 6.54 Å². The summed E-state index contributed by atoms with van der Waals surface area (Å²) in [6, 6.07) is 54.0. The molecular weight excluding hydrogens is 1320 g/mol. The van der Waals surface area contributed by atoms with Gasteiger partial charge in [-0.05, 0) is 161 Å². The van der Waals surface area contributed by atoms with Gasteiger partial charge in [-0.25, -0.2) is 14.4 Å². The van der Waals surface area contributed by atoms with Gasteiger partial charge in [0.2, 0.25) is 0 Å². The number of aliphatic hydroxyl groups excluding tert-OH is 1. The summed E-state index contributed by atoms with van der Waals surface area (Å²) < 4.78 is 60.8. The molecule has 544 valence electrons. The second kappa shape index (κ2) is 27.6. The van der Waals surface area contributed by atoms with Gasteiger partial charge in [0.25, 0.3) is 0 Å². The minimum atomic E-state index is -1.27. The van der Waals surface area contributed by atoms with Gasteiger partial charge < -0.3 is 59.2 Å². The Kier molecular flexibility index (Phi) is 18.8. The lowest BCUT2D eigenvalue weighted by Gasteiger charge is -2.49. The number of esters is 5. The van der Waals surface area contributed by atoms with Crippen LogP contribution < -0.4 is 11.5 Å². The molecule has 5 N–H and O–H groups in total. The molecule has 6 fully saturated rings. The van der Waals surface area contributed by atoms with Crippen molar-refractivity contribution in [1.82, 2.24) is 0 Å². The van der Waals surface area contributed by atoms with Crippen LogP contribution in [0.3, 0.4) is 0 Å². The van der Waals surface area contributed by atoms with Gasteiger partial charge in [-0.1, -0.05) is 187 Å². The third-order valence-electron chi connectivity index (χ3n) is 24.7. The molecule has 6 saturated heterocycles. The topological polar surface area (TPSA) is 241 Å². The number of hydrogen-bond donors (Lipinski definition) is 3. The molecule has 0 radical (unpaired) electrons. The van der Waals surface area contributed by atoms with Gasteiger partial charge in [0.15, 0.2) is 24.6 Å². The lowest BCUT2D eigenvalue weighted by Crippen LogP contribution is -2.55. The first kappa shape index (κ1) is 71.4. The SMILES string of the molecule is CC1=C2C(OC(=O)/C=C/c3ccc(C4CC5C(=C4C)C(OC(=O)/C=C/c4ccc(C6CC7C(=C6C)C(OC(=O)/C=C/c6ccccc6)C6(c8ccccc8)CC(OC(=O)C(C)N)C7(C)O6)cc4)C4(c6ccccc6)CC(OC(=O)CN)C5(C)O4)cc3)C3(c4ccccc4)CC(OC(C)O)C(C)(O3)C2CC1. The summed E-state index contributed by atoms with van der Waals surface area (Å²) in [5.74, 6) is -3.88. The fraction of sp³-hybridized carbons (Fsp3) is 0.398. The predicted octanol–water partition coefficient (Wildman–Crippen LogP) is 13.5. The van der Waals surface area contributed by atoms with Gasteiger partial charge in [-0.3, -0.25) is 9.59 Å². The average Bonchev–Trinajstić information content (AvgIpc) is 1.54. The Morgan fingerprint density at radius 3 is 1.24 bits per heavy atom. The summed E-state index contributed by atoms with van der Waals surface area (Å²) in [6.45, 7) is 15.2. The average molecular weight is 1420 g/mol. The van der Waals surface area contributed by atoms with Crippen LogP contribution in [0.1, 0.15) is 157 Å². The van der Waals surface area contributed by atoms with E-state index in [1.54, 1.807) is 32.1 Å². The summed E-state index contributed by atoms with van der Waals surface area (Å²) in [5, 5.41) is 10.5. The van der Waals surface area contributed by atoms with Crippen molar-refractivity contribution in [3.63, 3.8) is 0 Å². The Bertz CT molecular complexity index is 4550. The maximum Gasteiger partial charge on any atom is 0.331 e. The molecule has 105 heavy (non-hydrogen) atoms. The van der Waals surface area contributed by atoms with Crippen molar-refractivity contribution >= 4 is 48.1 Å². The number of fused-ring (bicyclic) bond motifs is 12. The lowest BCUT2D eigenvalue weighted by atomic mass is 9.75. The summed E-state index contributed by atoms with van der Waals surface area (Å²) >= 11 is 0. The smallest absolute Gasteiger partial charge is 0.331 e. The van der Waals surface area contributed by atoms with Crippen LogP contribution in [0.4, 0.5) is 0 Å². The minimum Gasteiger partial charge on any atom is -0.458 e. The predicted molar refractivity (Wildman–Crippen MR) is 394 cm³/mol. The molecule has 0 amide bonds. The van der Waals surface area contributed by atoms with E-state index in [2.05, 4.69) is 39.8 Å². The van der Waals surface area contributed by atoms with Crippen molar-refractivity contribution in [3.05, 3.63) is 266 Å². The van der Waals surface area contributed by atoms with E-state index in [9.17, 15) is 29.1 Å². The number of hydrogen-bond acceptors (Lipinski definition) is 17. The van der Waals surface area contributed by atoms with Gasteiger partial charge in [0.1, 0.15) is 46.3 Å². The molecule has 17 heteroatoms. The van der Waals surface area contributed by atoms with E-state index in [-0.39, 0.29) is 49.0 Å². The minimum absolute atomic E-state index is 0.0709. The fourth-order valence-electron chi connectivity index (χ4n) is 19.7. The molecule has 6 aromatic carbocycles. The Balaban J connectivity index is 0.702. The standard InChI is InChI=1S/C88H92N2O15/c1-51-29-41-66-76(51)79(86(61-23-15-10-16-24-61)47-69(97-55(5)91)83(66,6)103-86)100-72(92)43-35-57-30-37-59(38-31-57)64-45-67-77(52(64)2)80(87(62-25-17-11-18-26-62)48-70(84(67,7)104-87)98-75(95)50-89)102-74(94)44-36-58-32-39-60(40-33-58)65-46-68-78(53(65)3)81(101-73(93)42-34-56-21-13-9-14-22-56)88(63-27-19-12-20-28-63)49-71(85(68,8)105-88)99-82(96)54(4)90/h9-28,30-40,42-44,54-55,64-71,79-81,91H,29,41,45-50,89-90H2,1-8H3/b42-34+,43-35+,44-36+. The number of ether oxygens (including phenoxy) is 9. The molecule has 6 bridgehead atoms. The van der Waals surface area contributed by atoms with E-state index in [0.717, 1.165) is 85.2 Å². The summed E-state index contributed by atoms with van der Waals surface area (Å²) in [6.07, 6.45) is 7.63. The molecule has 15 rings (SSSR count). The van der Waals surface area contributed by atoms with Gasteiger partial charge in [-0.15, -0.1) is 0 Å². The van der Waals surface area contributed by atoms with E-state index < -0.39 is 112 Å². The number of benzene rings is 6. The van der Waals surface area contributed by atoms with Crippen LogP contribution in [0.25, 0.3) is 18.2 Å². The van der Waals surface area contributed by atoms with E-state index in [0.29, 0.717) is 19.3 Å². The normalized spacial score (nSPS) is 34.0. The highest BCUT2D eigenvalue weighted by molar-refractivity contribution is 5.89. The van der Waals surface area contributed by atoms with Crippen molar-refractivity contribution in [1.29, 1.82) is 0 Å². The maximum absolute atomic E-state index is 14.9. The summed E-state index contributed by atoms with van der Waals surface area (Å²) in [5.41, 5.74) is 18.6. The molecule has 0 spiro atoms. The number of aliphatic hydroxyl groups is 1. The third kappa shape index (κ3) is 12.3. The lowest BCUT2D eigenvalue weighted by molar-refractivity contribution is -0.226. The molecule has 19 atom stereocenters. The van der Waals surface area contributed by atoms with Crippen molar-refractivity contribution in [2.24, 2.45) is 29.2 Å². The number of carbonyl (C=O) groups is 5. The van der Waals surface area contributed by atoms with E-state index >= 15 is 0 Å². The van der Waals surface area contributed by atoms with Gasteiger partial charge >= 0.3 is 29.8 Å². The Labute approximate surface area is 613 Å². The first-order valence-corrected chi connectivity index (χ1v) is 36.9. The van der Waals surface area contributed by atoms with Crippen LogP contribution in [0, 0.1) is 17.8 Å². The maximum atomic E-state index is 14.9. The van der Waals surface area contributed by atoms with Gasteiger partial charge in [0, 0.05) is 67.1 Å². The van der Waals surface area contributed by atoms with Crippen LogP contribution >= 0.6 is 0 Å². The molecule has 3 aliphatic carbocycles. The first-order chi connectivity index (χ1) is 50.4. The second-order valence-corrected chi connectivity index (χ2v) is 30.8. The Morgan fingerprint density at radius 2 is 0.848 bits per heavy atom. The molecule has 9 aliphatic rings. The molecule has 6 aliphatic heterocycles. The zero-order valence-electron chi connectivity index (χ0n) is 60.6. The molecule has 6 aromatic rings. The van der Waals surface area contributed by atoms with Gasteiger partial charge in [0.05, 0.1) is 18.2 Å². The quantitative estimate of drug-likeness (QED) is 0.0212. The largest absolute Gasteiger partial charge is 0.458 e. The first-order valence-electron chi connectivity index (χ1n) is 36.9. The van der Waals surface area contributed by atoms with E-state index in [4.69, 9.17) is 54.1 Å². The van der Waals surface area contributed by atoms with E-state index in [1.807, 2.05) is 172 Å². The van der Waals surface area contributed by atoms with Crippen LogP contribution in [-0.4, -0.2) is 107 Å². The fourth-order valence-corrected chi connectivity index (χ4v) is 19.7. The third-order valence-corrected chi connectivity index (χ3v) is 24.7.